The molecule has 0 saturated heterocycles. The maximum absolute atomic E-state index is 13.2. The molecule has 2 unspecified atom stereocenters. The Bertz CT molecular complexity index is 1280. The number of furan rings is 1. The molecule has 4 rings (SSSR count). The maximum Gasteiger partial charge on any atom is 0.305 e. The molecular formula is C25H23FN2O6. The van der Waals surface area contributed by atoms with Crippen molar-refractivity contribution in [3.63, 3.8) is 0 Å². The Morgan fingerprint density at radius 1 is 1.15 bits per heavy atom. The zero-order chi connectivity index (χ0) is 24.4. The SMILES string of the molecule is CCC(C(=O)NC(CC(=O)O)C(=O)CF)N1Cc2ccc(-c3ccc4occc4c3)cc2C1=O. The number of Topliss-reactive ketones (excluding diaryl/α,β-unsaturated/α-hetero) is 1. The smallest absolute Gasteiger partial charge is 0.305 e. The van der Waals surface area contributed by atoms with Crippen molar-refractivity contribution in [1.29, 1.82) is 0 Å². The zero-order valence-electron chi connectivity index (χ0n) is 18.4. The van der Waals surface area contributed by atoms with Crippen LogP contribution in [0.4, 0.5) is 4.39 Å². The van der Waals surface area contributed by atoms with Crippen molar-refractivity contribution in [1.82, 2.24) is 10.2 Å². The second kappa shape index (κ2) is 9.46. The minimum Gasteiger partial charge on any atom is -0.481 e. The number of fused-ring (bicyclic) bond motifs is 2. The monoisotopic (exact) mass is 466 g/mol. The van der Waals surface area contributed by atoms with Gasteiger partial charge in [-0.25, -0.2) is 4.39 Å². The van der Waals surface area contributed by atoms with Crippen molar-refractivity contribution in [3.05, 3.63) is 59.9 Å². The number of alkyl halides is 1. The number of carboxylic acid groups (broad SMARTS) is 1. The van der Waals surface area contributed by atoms with Crippen LogP contribution in [-0.4, -0.2) is 52.3 Å². The number of aliphatic carboxylic acids is 1. The summed E-state index contributed by atoms with van der Waals surface area (Å²) in [5.41, 5.74) is 3.74. The van der Waals surface area contributed by atoms with Crippen LogP contribution in [0.5, 0.6) is 0 Å². The molecule has 2 N–H and O–H groups in total. The third-order valence-corrected chi connectivity index (χ3v) is 6.01. The lowest BCUT2D eigenvalue weighted by molar-refractivity contribution is -0.140. The highest BCUT2D eigenvalue weighted by Crippen LogP contribution is 2.31. The van der Waals surface area contributed by atoms with E-state index >= 15 is 0 Å². The van der Waals surface area contributed by atoms with Crippen molar-refractivity contribution in [2.45, 2.75) is 38.4 Å². The molecule has 0 radical (unpaired) electrons. The molecule has 34 heavy (non-hydrogen) atoms. The lowest BCUT2D eigenvalue weighted by atomic mass is 9.99. The van der Waals surface area contributed by atoms with Crippen molar-refractivity contribution in [2.24, 2.45) is 0 Å². The summed E-state index contributed by atoms with van der Waals surface area (Å²) in [5, 5.41) is 12.2. The predicted octanol–water partition coefficient (Wildman–Crippen LogP) is 3.33. The number of benzene rings is 2. The van der Waals surface area contributed by atoms with Gasteiger partial charge in [0.05, 0.1) is 12.7 Å². The molecule has 2 amide bonds. The molecule has 2 aromatic carbocycles. The summed E-state index contributed by atoms with van der Waals surface area (Å²) in [6.07, 6.45) is 1.11. The van der Waals surface area contributed by atoms with Gasteiger partial charge in [-0.05, 0) is 47.4 Å². The number of ketones is 1. The highest BCUT2D eigenvalue weighted by atomic mass is 19.1. The summed E-state index contributed by atoms with van der Waals surface area (Å²) in [6.45, 7) is 0.507. The first-order valence-corrected chi connectivity index (χ1v) is 10.8. The zero-order valence-corrected chi connectivity index (χ0v) is 18.4. The van der Waals surface area contributed by atoms with Crippen LogP contribution in [0.15, 0.2) is 53.1 Å². The Labute approximate surface area is 194 Å². The molecular weight excluding hydrogens is 443 g/mol. The van der Waals surface area contributed by atoms with E-state index in [1.807, 2.05) is 36.4 Å². The molecule has 1 aromatic heterocycles. The van der Waals surface area contributed by atoms with Crippen molar-refractivity contribution in [3.8, 4) is 11.1 Å². The summed E-state index contributed by atoms with van der Waals surface area (Å²) in [4.78, 5) is 50.3. The molecule has 1 aliphatic heterocycles. The van der Waals surface area contributed by atoms with Gasteiger partial charge in [0.1, 0.15) is 24.3 Å². The van der Waals surface area contributed by atoms with Crippen LogP contribution in [0.25, 0.3) is 22.1 Å². The summed E-state index contributed by atoms with van der Waals surface area (Å²) in [6, 6.07) is 10.7. The molecule has 0 aliphatic carbocycles. The lowest BCUT2D eigenvalue weighted by Crippen LogP contribution is -2.52. The van der Waals surface area contributed by atoms with Gasteiger partial charge in [0, 0.05) is 17.5 Å². The number of carbonyl (C=O) groups is 4. The molecule has 176 valence electrons. The Morgan fingerprint density at radius 2 is 1.88 bits per heavy atom. The second-order valence-corrected chi connectivity index (χ2v) is 8.16. The number of carbonyl (C=O) groups excluding carboxylic acids is 3. The first kappa shape index (κ1) is 23.2. The fourth-order valence-electron chi connectivity index (χ4n) is 4.23. The van der Waals surface area contributed by atoms with Crippen LogP contribution < -0.4 is 5.32 Å². The minimum atomic E-state index is -1.49. The molecule has 8 nitrogen and oxygen atoms in total. The fraction of sp³-hybridized carbons (Fsp3) is 0.280. The molecule has 0 saturated carbocycles. The average molecular weight is 466 g/mol. The second-order valence-electron chi connectivity index (χ2n) is 8.16. The molecule has 2 heterocycles. The third kappa shape index (κ3) is 4.41. The van der Waals surface area contributed by atoms with E-state index in [4.69, 9.17) is 9.52 Å². The Morgan fingerprint density at radius 3 is 2.59 bits per heavy atom. The van der Waals surface area contributed by atoms with Crippen molar-refractivity contribution < 1.29 is 33.1 Å². The number of nitrogens with zero attached hydrogens (tertiary/aromatic N) is 1. The first-order chi connectivity index (χ1) is 16.3. The van der Waals surface area contributed by atoms with E-state index in [9.17, 15) is 23.6 Å². The van der Waals surface area contributed by atoms with Crippen molar-refractivity contribution in [2.75, 3.05) is 6.67 Å². The average Bonchev–Trinajstić information content (AvgIpc) is 3.42. The Kier molecular flexibility index (Phi) is 6.45. The molecule has 3 aromatic rings. The van der Waals surface area contributed by atoms with Crippen LogP contribution in [0.1, 0.15) is 35.7 Å². The maximum atomic E-state index is 13.2. The fourth-order valence-corrected chi connectivity index (χ4v) is 4.23. The van der Waals surface area contributed by atoms with E-state index in [2.05, 4.69) is 5.32 Å². The first-order valence-electron chi connectivity index (χ1n) is 10.8. The lowest BCUT2D eigenvalue weighted by Gasteiger charge is -2.27. The van der Waals surface area contributed by atoms with E-state index < -0.39 is 42.8 Å². The van der Waals surface area contributed by atoms with Gasteiger partial charge in [-0.3, -0.25) is 19.2 Å². The number of amides is 2. The van der Waals surface area contributed by atoms with Gasteiger partial charge >= 0.3 is 5.97 Å². The quantitative estimate of drug-likeness (QED) is 0.500. The van der Waals surface area contributed by atoms with Crippen LogP contribution in [0.2, 0.25) is 0 Å². The van der Waals surface area contributed by atoms with Gasteiger partial charge in [0.25, 0.3) is 5.91 Å². The highest BCUT2D eigenvalue weighted by Gasteiger charge is 2.37. The predicted molar refractivity (Wildman–Crippen MR) is 121 cm³/mol. The Balaban J connectivity index is 1.55. The van der Waals surface area contributed by atoms with E-state index in [0.717, 1.165) is 27.7 Å². The number of carboxylic acids is 1. The van der Waals surface area contributed by atoms with E-state index in [-0.39, 0.29) is 18.9 Å². The largest absolute Gasteiger partial charge is 0.481 e. The van der Waals surface area contributed by atoms with Gasteiger partial charge in [0.2, 0.25) is 5.91 Å². The topological polar surface area (TPSA) is 117 Å². The number of rotatable bonds is 9. The summed E-state index contributed by atoms with van der Waals surface area (Å²) < 4.78 is 18.2. The summed E-state index contributed by atoms with van der Waals surface area (Å²) >= 11 is 0. The van der Waals surface area contributed by atoms with Gasteiger partial charge in [-0.2, -0.15) is 0 Å². The number of nitrogens with one attached hydrogen (secondary N) is 1. The van der Waals surface area contributed by atoms with E-state index in [1.54, 1.807) is 19.3 Å². The van der Waals surface area contributed by atoms with E-state index in [0.29, 0.717) is 5.56 Å². The number of halogens is 1. The van der Waals surface area contributed by atoms with E-state index in [1.165, 1.54) is 4.90 Å². The normalized spacial score (nSPS) is 14.6. The van der Waals surface area contributed by atoms with Crippen LogP contribution in [-0.2, 0) is 20.9 Å². The van der Waals surface area contributed by atoms with Crippen LogP contribution in [0.3, 0.4) is 0 Å². The standard InChI is InChI=1S/C25H23FN2O6/c1-2-20(24(32)27-19(11-23(30)31)21(29)12-26)28-13-17-4-3-15(10-18(17)25(28)33)14-5-6-22-16(9-14)7-8-34-22/h3-10,19-20H,2,11-13H2,1H3,(H,27,32)(H,30,31). The van der Waals surface area contributed by atoms with Gasteiger partial charge in [0.15, 0.2) is 5.78 Å². The van der Waals surface area contributed by atoms with Crippen LogP contribution in [0, 0.1) is 0 Å². The summed E-state index contributed by atoms with van der Waals surface area (Å²) in [7, 11) is 0. The number of hydrogen-bond acceptors (Lipinski definition) is 5. The minimum absolute atomic E-state index is 0.196. The highest BCUT2D eigenvalue weighted by molar-refractivity contribution is 6.03. The molecule has 2 atom stereocenters. The molecule has 1 aliphatic rings. The molecule has 9 heteroatoms. The Hall–Kier alpha value is -4.01. The molecule has 0 fully saturated rings. The van der Waals surface area contributed by atoms with Gasteiger partial charge in [-0.1, -0.05) is 25.1 Å². The number of hydrogen-bond donors (Lipinski definition) is 2. The van der Waals surface area contributed by atoms with Crippen LogP contribution >= 0.6 is 0 Å². The van der Waals surface area contributed by atoms with Gasteiger partial charge in [-0.15, -0.1) is 0 Å². The molecule has 0 spiro atoms. The molecule has 0 bridgehead atoms. The van der Waals surface area contributed by atoms with Gasteiger partial charge < -0.3 is 19.7 Å². The summed E-state index contributed by atoms with van der Waals surface area (Å²) in [5.74, 6) is -3.40. The third-order valence-electron chi connectivity index (χ3n) is 6.01. The van der Waals surface area contributed by atoms with Crippen molar-refractivity contribution >= 4 is 34.5 Å².